The SMILES string of the molecule is COCC(C)(N)Cc1cc(Cl)ccc1OC. The summed E-state index contributed by atoms with van der Waals surface area (Å²) in [6.45, 7) is 2.43. The van der Waals surface area contributed by atoms with Gasteiger partial charge in [-0.25, -0.2) is 0 Å². The number of ether oxygens (including phenoxy) is 2. The zero-order chi connectivity index (χ0) is 12.2. The van der Waals surface area contributed by atoms with Crippen LogP contribution in [-0.4, -0.2) is 26.4 Å². The summed E-state index contributed by atoms with van der Waals surface area (Å²) in [5.41, 5.74) is 6.68. The van der Waals surface area contributed by atoms with Crippen LogP contribution in [0.3, 0.4) is 0 Å². The molecule has 0 fully saturated rings. The van der Waals surface area contributed by atoms with Gasteiger partial charge in [0.1, 0.15) is 5.75 Å². The molecule has 0 saturated carbocycles. The first-order valence-electron chi connectivity index (χ1n) is 5.09. The van der Waals surface area contributed by atoms with Crippen molar-refractivity contribution < 1.29 is 9.47 Å². The zero-order valence-corrected chi connectivity index (χ0v) is 10.7. The Morgan fingerprint density at radius 1 is 1.38 bits per heavy atom. The molecule has 90 valence electrons. The smallest absolute Gasteiger partial charge is 0.122 e. The first-order valence-corrected chi connectivity index (χ1v) is 5.46. The molecule has 0 aliphatic heterocycles. The molecule has 1 aromatic rings. The molecule has 0 aromatic heterocycles. The molecule has 1 atom stereocenters. The van der Waals surface area contributed by atoms with E-state index < -0.39 is 5.54 Å². The van der Waals surface area contributed by atoms with Gasteiger partial charge in [-0.15, -0.1) is 0 Å². The normalized spacial score (nSPS) is 14.6. The molecule has 0 radical (unpaired) electrons. The Hall–Kier alpha value is -0.770. The third-order valence-electron chi connectivity index (χ3n) is 2.31. The number of hydrogen-bond donors (Lipinski definition) is 1. The van der Waals surface area contributed by atoms with Crippen molar-refractivity contribution in [2.45, 2.75) is 18.9 Å². The first-order chi connectivity index (χ1) is 7.48. The Morgan fingerprint density at radius 3 is 2.62 bits per heavy atom. The molecule has 2 N–H and O–H groups in total. The van der Waals surface area contributed by atoms with Gasteiger partial charge in [0.25, 0.3) is 0 Å². The third kappa shape index (κ3) is 3.67. The summed E-state index contributed by atoms with van der Waals surface area (Å²) in [7, 11) is 3.28. The molecule has 1 unspecified atom stereocenters. The second-order valence-electron chi connectivity index (χ2n) is 4.22. The average molecular weight is 244 g/mol. The lowest BCUT2D eigenvalue weighted by atomic mass is 9.94. The van der Waals surface area contributed by atoms with Crippen molar-refractivity contribution >= 4 is 11.6 Å². The topological polar surface area (TPSA) is 44.5 Å². The molecule has 16 heavy (non-hydrogen) atoms. The lowest BCUT2D eigenvalue weighted by molar-refractivity contribution is 0.140. The van der Waals surface area contributed by atoms with Gasteiger partial charge in [-0.1, -0.05) is 11.6 Å². The van der Waals surface area contributed by atoms with Crippen LogP contribution in [0.25, 0.3) is 0 Å². The number of hydrogen-bond acceptors (Lipinski definition) is 3. The molecule has 0 spiro atoms. The van der Waals surface area contributed by atoms with Crippen LogP contribution in [0.15, 0.2) is 18.2 Å². The summed E-state index contributed by atoms with van der Waals surface area (Å²) in [6.07, 6.45) is 0.657. The van der Waals surface area contributed by atoms with E-state index >= 15 is 0 Å². The van der Waals surface area contributed by atoms with E-state index in [9.17, 15) is 0 Å². The van der Waals surface area contributed by atoms with Gasteiger partial charge in [0.05, 0.1) is 13.7 Å². The monoisotopic (exact) mass is 243 g/mol. The molecule has 1 aromatic carbocycles. The standard InChI is InChI=1S/C12H18ClNO2/c1-12(14,8-15-2)7-9-6-10(13)4-5-11(9)16-3/h4-6H,7-8,14H2,1-3H3. The van der Waals surface area contributed by atoms with Crippen molar-refractivity contribution in [2.75, 3.05) is 20.8 Å². The van der Waals surface area contributed by atoms with Gasteiger partial charge in [-0.2, -0.15) is 0 Å². The highest BCUT2D eigenvalue weighted by Crippen LogP contribution is 2.25. The molecular weight excluding hydrogens is 226 g/mol. The molecule has 3 nitrogen and oxygen atoms in total. The van der Waals surface area contributed by atoms with E-state index in [0.717, 1.165) is 11.3 Å². The van der Waals surface area contributed by atoms with Crippen LogP contribution in [0.2, 0.25) is 5.02 Å². The summed E-state index contributed by atoms with van der Waals surface area (Å²) in [5, 5.41) is 0.684. The molecule has 0 heterocycles. The number of nitrogens with two attached hydrogens (primary N) is 1. The van der Waals surface area contributed by atoms with Crippen LogP contribution in [0.1, 0.15) is 12.5 Å². The van der Waals surface area contributed by atoms with Gasteiger partial charge in [0, 0.05) is 17.7 Å². The predicted octanol–water partition coefficient (Wildman–Crippen LogP) is 2.25. The molecule has 4 heteroatoms. The Balaban J connectivity index is 2.90. The highest BCUT2D eigenvalue weighted by Gasteiger charge is 2.21. The first kappa shape index (κ1) is 13.3. The van der Waals surface area contributed by atoms with E-state index in [1.807, 2.05) is 19.1 Å². The van der Waals surface area contributed by atoms with E-state index in [4.69, 9.17) is 26.8 Å². The number of halogens is 1. The van der Waals surface area contributed by atoms with Crippen LogP contribution in [0, 0.1) is 0 Å². The summed E-state index contributed by atoms with van der Waals surface area (Å²) >= 11 is 5.95. The zero-order valence-electron chi connectivity index (χ0n) is 9.92. The summed E-state index contributed by atoms with van der Waals surface area (Å²) in [5.74, 6) is 0.803. The van der Waals surface area contributed by atoms with Gasteiger partial charge in [-0.05, 0) is 37.1 Å². The van der Waals surface area contributed by atoms with Crippen LogP contribution >= 0.6 is 11.6 Å². The van der Waals surface area contributed by atoms with Gasteiger partial charge in [0.15, 0.2) is 0 Å². The van der Waals surface area contributed by atoms with Crippen LogP contribution in [0.5, 0.6) is 5.75 Å². The second kappa shape index (κ2) is 5.53. The van der Waals surface area contributed by atoms with Crippen molar-refractivity contribution in [1.29, 1.82) is 0 Å². The minimum atomic E-state index is -0.424. The lowest BCUT2D eigenvalue weighted by Crippen LogP contribution is -2.43. The van der Waals surface area contributed by atoms with E-state index in [0.29, 0.717) is 18.1 Å². The summed E-state index contributed by atoms with van der Waals surface area (Å²) in [6, 6.07) is 5.52. The van der Waals surface area contributed by atoms with Crippen LogP contribution < -0.4 is 10.5 Å². The van der Waals surface area contributed by atoms with Crippen LogP contribution in [0.4, 0.5) is 0 Å². The maximum atomic E-state index is 6.11. The van der Waals surface area contributed by atoms with Gasteiger partial charge in [0.2, 0.25) is 0 Å². The third-order valence-corrected chi connectivity index (χ3v) is 2.55. The molecule has 0 amide bonds. The van der Waals surface area contributed by atoms with Crippen molar-refractivity contribution in [2.24, 2.45) is 5.73 Å². The van der Waals surface area contributed by atoms with Crippen molar-refractivity contribution in [3.8, 4) is 5.75 Å². The molecule has 0 aliphatic carbocycles. The van der Waals surface area contributed by atoms with Crippen LogP contribution in [-0.2, 0) is 11.2 Å². The fourth-order valence-electron chi connectivity index (χ4n) is 1.70. The van der Waals surface area contributed by atoms with Gasteiger partial charge < -0.3 is 15.2 Å². The highest BCUT2D eigenvalue weighted by molar-refractivity contribution is 6.30. The Labute approximate surface area is 101 Å². The minimum Gasteiger partial charge on any atom is -0.496 e. The number of rotatable bonds is 5. The van der Waals surface area contributed by atoms with Gasteiger partial charge >= 0.3 is 0 Å². The highest BCUT2D eigenvalue weighted by atomic mass is 35.5. The lowest BCUT2D eigenvalue weighted by Gasteiger charge is -2.24. The predicted molar refractivity (Wildman–Crippen MR) is 66.2 cm³/mol. The largest absolute Gasteiger partial charge is 0.496 e. The van der Waals surface area contributed by atoms with E-state index in [1.165, 1.54) is 0 Å². The molecular formula is C12H18ClNO2. The summed E-state index contributed by atoms with van der Waals surface area (Å²) in [4.78, 5) is 0. The number of methoxy groups -OCH3 is 2. The molecule has 1 rings (SSSR count). The number of benzene rings is 1. The Bertz CT molecular complexity index is 353. The maximum absolute atomic E-state index is 6.11. The molecule has 0 bridgehead atoms. The average Bonchev–Trinajstić information content (AvgIpc) is 2.17. The molecule has 0 aliphatic rings. The van der Waals surface area contributed by atoms with Crippen molar-refractivity contribution in [1.82, 2.24) is 0 Å². The fourth-order valence-corrected chi connectivity index (χ4v) is 1.90. The second-order valence-corrected chi connectivity index (χ2v) is 4.66. The summed E-state index contributed by atoms with van der Waals surface area (Å²) < 4.78 is 10.4. The van der Waals surface area contributed by atoms with Gasteiger partial charge in [-0.3, -0.25) is 0 Å². The van der Waals surface area contributed by atoms with Crippen molar-refractivity contribution in [3.05, 3.63) is 28.8 Å². The van der Waals surface area contributed by atoms with E-state index in [2.05, 4.69) is 0 Å². The van der Waals surface area contributed by atoms with E-state index in [-0.39, 0.29) is 0 Å². The van der Waals surface area contributed by atoms with E-state index in [1.54, 1.807) is 20.3 Å². The maximum Gasteiger partial charge on any atom is 0.122 e. The molecule has 0 saturated heterocycles. The fraction of sp³-hybridized carbons (Fsp3) is 0.500. The minimum absolute atomic E-state index is 0.424. The quantitative estimate of drug-likeness (QED) is 0.863. The Kier molecular flexibility index (Phi) is 4.59. The Morgan fingerprint density at radius 2 is 2.06 bits per heavy atom. The van der Waals surface area contributed by atoms with Crippen molar-refractivity contribution in [3.63, 3.8) is 0 Å².